The van der Waals surface area contributed by atoms with Crippen LogP contribution in [-0.4, -0.2) is 23.9 Å². The predicted molar refractivity (Wildman–Crippen MR) is 43.0 cm³/mol. The number of carbonyl (C=O) groups excluding carboxylic acids is 1. The number of rotatable bonds is 1. The van der Waals surface area contributed by atoms with Crippen LogP contribution in [0, 0.1) is 11.8 Å². The predicted octanol–water partition coefficient (Wildman–Crippen LogP) is 1.04. The Morgan fingerprint density at radius 3 is 2.36 bits per heavy atom. The largest absolute Gasteiger partial charge is 0.339 e. The van der Waals surface area contributed by atoms with Gasteiger partial charge >= 0.3 is 0 Å². The van der Waals surface area contributed by atoms with E-state index in [0.29, 0.717) is 0 Å². The molecule has 2 heteroatoms. The lowest BCUT2D eigenvalue weighted by atomic mass is 9.71. The Bertz CT molecular complexity index is 184. The molecule has 3 aliphatic rings. The summed E-state index contributed by atoms with van der Waals surface area (Å²) in [5.41, 5.74) is 0. The van der Waals surface area contributed by atoms with E-state index in [0.717, 1.165) is 24.9 Å². The lowest BCUT2D eigenvalue weighted by Crippen LogP contribution is -2.50. The van der Waals surface area contributed by atoms with Crippen molar-refractivity contribution < 1.29 is 4.79 Å². The second-order valence-electron chi connectivity index (χ2n) is 3.65. The number of hydrogen-bond donors (Lipinski definition) is 0. The van der Waals surface area contributed by atoms with Crippen LogP contribution in [0.5, 0.6) is 0 Å². The number of fused-ring (bicyclic) bond motifs is 2. The van der Waals surface area contributed by atoms with Gasteiger partial charge in [-0.25, -0.2) is 0 Å². The van der Waals surface area contributed by atoms with E-state index in [2.05, 4.69) is 6.58 Å². The molecule has 0 aromatic heterocycles. The summed E-state index contributed by atoms with van der Waals surface area (Å²) >= 11 is 0. The van der Waals surface area contributed by atoms with Gasteiger partial charge in [0, 0.05) is 13.1 Å². The fourth-order valence-corrected chi connectivity index (χ4v) is 2.18. The Kier molecular flexibility index (Phi) is 1.48. The number of carbonyl (C=O) groups is 1. The molecular formula is C9H13NO. The van der Waals surface area contributed by atoms with Gasteiger partial charge in [0.2, 0.25) is 5.91 Å². The molecule has 3 fully saturated rings. The zero-order chi connectivity index (χ0) is 7.84. The first kappa shape index (κ1) is 6.89. The van der Waals surface area contributed by atoms with Gasteiger partial charge in [-0.3, -0.25) is 4.79 Å². The quantitative estimate of drug-likeness (QED) is 0.513. The number of piperidine rings is 2. The Morgan fingerprint density at radius 1 is 1.36 bits per heavy atom. The monoisotopic (exact) mass is 151 g/mol. The molecule has 2 heterocycles. The zero-order valence-electron chi connectivity index (χ0n) is 6.62. The molecule has 60 valence electrons. The molecule has 11 heavy (non-hydrogen) atoms. The summed E-state index contributed by atoms with van der Waals surface area (Å²) in [6, 6.07) is 0. The molecule has 2 saturated heterocycles. The third-order valence-electron chi connectivity index (χ3n) is 2.78. The number of hydrogen-bond acceptors (Lipinski definition) is 1. The van der Waals surface area contributed by atoms with Crippen LogP contribution in [0.25, 0.3) is 0 Å². The first-order valence-electron chi connectivity index (χ1n) is 4.21. The molecule has 0 aromatic carbocycles. The molecule has 0 atom stereocenters. The maximum atomic E-state index is 11.1. The van der Waals surface area contributed by atoms with E-state index in [1.54, 1.807) is 0 Å². The third-order valence-corrected chi connectivity index (χ3v) is 2.78. The number of nitrogens with zero attached hydrogens (tertiary/aromatic N) is 1. The lowest BCUT2D eigenvalue weighted by Gasteiger charge is -2.46. The van der Waals surface area contributed by atoms with E-state index >= 15 is 0 Å². The van der Waals surface area contributed by atoms with Crippen LogP contribution in [0.1, 0.15) is 12.8 Å². The summed E-state index contributed by atoms with van der Waals surface area (Å²) in [5, 5.41) is 0. The maximum Gasteiger partial charge on any atom is 0.245 e. The smallest absolute Gasteiger partial charge is 0.245 e. The van der Waals surface area contributed by atoms with Gasteiger partial charge in [0.25, 0.3) is 0 Å². The minimum atomic E-state index is 0.111. The number of amides is 1. The second-order valence-corrected chi connectivity index (χ2v) is 3.65. The van der Waals surface area contributed by atoms with E-state index in [-0.39, 0.29) is 5.91 Å². The topological polar surface area (TPSA) is 20.3 Å². The van der Waals surface area contributed by atoms with Gasteiger partial charge in [-0.1, -0.05) is 6.58 Å². The Morgan fingerprint density at radius 2 is 1.91 bits per heavy atom. The highest BCUT2D eigenvalue weighted by molar-refractivity contribution is 5.87. The van der Waals surface area contributed by atoms with Crippen molar-refractivity contribution in [3.8, 4) is 0 Å². The van der Waals surface area contributed by atoms with Crippen LogP contribution in [0.15, 0.2) is 12.7 Å². The standard InChI is InChI=1S/C9H13NO/c1-2-9(11)10-5-7-3-8(4-7)6-10/h2,7-8H,1,3-6H2. The average molecular weight is 151 g/mol. The summed E-state index contributed by atoms with van der Waals surface area (Å²) in [5.74, 6) is 1.72. The zero-order valence-corrected chi connectivity index (χ0v) is 6.62. The highest BCUT2D eigenvalue weighted by Crippen LogP contribution is 2.39. The SMILES string of the molecule is C=CC(=O)N1CC2CC(C2)C1. The molecule has 2 nitrogen and oxygen atoms in total. The second kappa shape index (κ2) is 2.36. The fourth-order valence-electron chi connectivity index (χ4n) is 2.18. The van der Waals surface area contributed by atoms with Gasteiger partial charge in [-0.2, -0.15) is 0 Å². The minimum Gasteiger partial charge on any atom is -0.339 e. The van der Waals surface area contributed by atoms with E-state index in [4.69, 9.17) is 0 Å². The van der Waals surface area contributed by atoms with Crippen LogP contribution in [-0.2, 0) is 4.79 Å². The molecular weight excluding hydrogens is 138 g/mol. The molecule has 0 unspecified atom stereocenters. The van der Waals surface area contributed by atoms with Crippen molar-refractivity contribution in [1.82, 2.24) is 4.90 Å². The first-order valence-corrected chi connectivity index (χ1v) is 4.21. The minimum absolute atomic E-state index is 0.111. The van der Waals surface area contributed by atoms with Crippen LogP contribution < -0.4 is 0 Å². The average Bonchev–Trinajstić information content (AvgIpc) is 2.02. The molecule has 1 amide bonds. The summed E-state index contributed by atoms with van der Waals surface area (Å²) in [7, 11) is 0. The highest BCUT2D eigenvalue weighted by atomic mass is 16.2. The summed E-state index contributed by atoms with van der Waals surface area (Å²) < 4.78 is 0. The van der Waals surface area contributed by atoms with Crippen molar-refractivity contribution in [3.05, 3.63) is 12.7 Å². The van der Waals surface area contributed by atoms with Crippen LogP contribution in [0.2, 0.25) is 0 Å². The summed E-state index contributed by atoms with van der Waals surface area (Å²) in [6.07, 6.45) is 4.12. The van der Waals surface area contributed by atoms with Gasteiger partial charge in [0.15, 0.2) is 0 Å². The lowest BCUT2D eigenvalue weighted by molar-refractivity contribution is -0.132. The van der Waals surface area contributed by atoms with Crippen molar-refractivity contribution in [2.45, 2.75) is 12.8 Å². The molecule has 1 saturated carbocycles. The molecule has 0 radical (unpaired) electrons. The van der Waals surface area contributed by atoms with Crippen LogP contribution in [0.4, 0.5) is 0 Å². The molecule has 0 spiro atoms. The first-order chi connectivity index (χ1) is 5.29. The van der Waals surface area contributed by atoms with Crippen molar-refractivity contribution >= 4 is 5.91 Å². The van der Waals surface area contributed by atoms with Gasteiger partial charge < -0.3 is 4.90 Å². The Hall–Kier alpha value is -0.790. The molecule has 2 bridgehead atoms. The summed E-state index contributed by atoms with van der Waals surface area (Å²) in [4.78, 5) is 13.1. The normalized spacial score (nSPS) is 34.4. The Balaban J connectivity index is 1.96. The summed E-state index contributed by atoms with van der Waals surface area (Å²) in [6.45, 7) is 5.43. The molecule has 3 rings (SSSR count). The Labute approximate surface area is 66.9 Å². The molecule has 2 aliphatic heterocycles. The van der Waals surface area contributed by atoms with Gasteiger partial charge in [0.05, 0.1) is 0 Å². The molecule has 1 aliphatic carbocycles. The van der Waals surface area contributed by atoms with Crippen LogP contribution >= 0.6 is 0 Å². The maximum absolute atomic E-state index is 11.1. The highest BCUT2D eigenvalue weighted by Gasteiger charge is 2.37. The fraction of sp³-hybridized carbons (Fsp3) is 0.667. The van der Waals surface area contributed by atoms with Gasteiger partial charge in [0.1, 0.15) is 0 Å². The van der Waals surface area contributed by atoms with Gasteiger partial charge in [-0.15, -0.1) is 0 Å². The van der Waals surface area contributed by atoms with Crippen LogP contribution in [0.3, 0.4) is 0 Å². The van der Waals surface area contributed by atoms with E-state index in [1.807, 2.05) is 4.90 Å². The van der Waals surface area contributed by atoms with Crippen molar-refractivity contribution in [2.75, 3.05) is 13.1 Å². The van der Waals surface area contributed by atoms with E-state index in [9.17, 15) is 4.79 Å². The third kappa shape index (κ3) is 1.06. The molecule has 0 aromatic rings. The van der Waals surface area contributed by atoms with E-state index < -0.39 is 0 Å². The van der Waals surface area contributed by atoms with Crippen molar-refractivity contribution in [2.24, 2.45) is 11.8 Å². The van der Waals surface area contributed by atoms with E-state index in [1.165, 1.54) is 18.9 Å². The van der Waals surface area contributed by atoms with Crippen molar-refractivity contribution in [3.63, 3.8) is 0 Å². The molecule has 0 N–H and O–H groups in total. The van der Waals surface area contributed by atoms with Gasteiger partial charge in [-0.05, 0) is 30.8 Å². The van der Waals surface area contributed by atoms with Crippen molar-refractivity contribution in [1.29, 1.82) is 0 Å².